The minimum Gasteiger partial charge on any atom is -0.389 e. The van der Waals surface area contributed by atoms with Gasteiger partial charge in [-0.15, -0.1) is 0 Å². The summed E-state index contributed by atoms with van der Waals surface area (Å²) in [6.45, 7) is 1.91. The molecule has 2 N–H and O–H groups in total. The van der Waals surface area contributed by atoms with Gasteiger partial charge in [0.05, 0.1) is 25.8 Å². The van der Waals surface area contributed by atoms with Crippen LogP contribution in [-0.2, 0) is 9.53 Å². The zero-order valence-electron chi connectivity index (χ0n) is 14.6. The lowest BCUT2D eigenvalue weighted by molar-refractivity contribution is -0.126. The van der Waals surface area contributed by atoms with Crippen LogP contribution in [0.2, 0.25) is 0 Å². The molecular formula is C20H22N2O4. The maximum Gasteiger partial charge on any atom is 0.324 e. The number of imide groups is 1. The molecule has 1 aliphatic heterocycles. The van der Waals surface area contributed by atoms with Crippen molar-refractivity contribution in [1.29, 1.82) is 0 Å². The molecule has 0 saturated carbocycles. The molecule has 26 heavy (non-hydrogen) atoms. The van der Waals surface area contributed by atoms with Crippen LogP contribution in [0.5, 0.6) is 0 Å². The molecule has 1 aliphatic rings. The molecule has 0 radical (unpaired) electrons. The molecule has 1 heterocycles. The van der Waals surface area contributed by atoms with Gasteiger partial charge in [-0.25, -0.2) is 4.79 Å². The summed E-state index contributed by atoms with van der Waals surface area (Å²) in [7, 11) is 0. The molecule has 6 nitrogen and oxygen atoms in total. The first-order valence-corrected chi connectivity index (χ1v) is 8.54. The first-order valence-electron chi connectivity index (χ1n) is 8.54. The van der Waals surface area contributed by atoms with Crippen molar-refractivity contribution in [2.75, 3.05) is 19.7 Å². The molecule has 0 unspecified atom stereocenters. The van der Waals surface area contributed by atoms with E-state index in [1.807, 2.05) is 61.5 Å². The molecule has 1 fully saturated rings. The van der Waals surface area contributed by atoms with E-state index in [-0.39, 0.29) is 31.7 Å². The minimum atomic E-state index is -0.959. The van der Waals surface area contributed by atoms with Gasteiger partial charge in [-0.3, -0.25) is 9.69 Å². The van der Waals surface area contributed by atoms with E-state index in [2.05, 4.69) is 5.32 Å². The molecule has 0 spiro atoms. The van der Waals surface area contributed by atoms with Crippen molar-refractivity contribution >= 4 is 11.9 Å². The van der Waals surface area contributed by atoms with Gasteiger partial charge in [0.25, 0.3) is 0 Å². The Morgan fingerprint density at radius 3 is 2.35 bits per heavy atom. The first kappa shape index (κ1) is 18.1. The summed E-state index contributed by atoms with van der Waals surface area (Å²) in [5.41, 5.74) is 3.10. The highest BCUT2D eigenvalue weighted by Crippen LogP contribution is 2.26. The molecule has 0 bridgehead atoms. The lowest BCUT2D eigenvalue weighted by atomic mass is 10.0. The van der Waals surface area contributed by atoms with Gasteiger partial charge in [0.2, 0.25) is 5.91 Å². The quantitative estimate of drug-likeness (QED) is 0.746. The van der Waals surface area contributed by atoms with Crippen LogP contribution in [0, 0.1) is 6.92 Å². The summed E-state index contributed by atoms with van der Waals surface area (Å²) < 4.78 is 5.98. The zero-order valence-corrected chi connectivity index (χ0v) is 14.6. The highest BCUT2D eigenvalue weighted by Gasteiger charge is 2.30. The number of hydrogen-bond donors (Lipinski definition) is 2. The van der Waals surface area contributed by atoms with E-state index in [4.69, 9.17) is 4.74 Å². The van der Waals surface area contributed by atoms with Crippen LogP contribution in [0.25, 0.3) is 0 Å². The van der Waals surface area contributed by atoms with Gasteiger partial charge in [0.1, 0.15) is 6.10 Å². The summed E-state index contributed by atoms with van der Waals surface area (Å²) in [5, 5.41) is 12.7. The number of nitrogens with one attached hydrogen (secondary N) is 1. The van der Waals surface area contributed by atoms with Crippen LogP contribution >= 0.6 is 0 Å². The number of ether oxygens (including phenoxy) is 1. The van der Waals surface area contributed by atoms with E-state index in [0.29, 0.717) is 0 Å². The second-order valence-corrected chi connectivity index (χ2v) is 6.35. The minimum absolute atomic E-state index is 0.00446. The number of carbonyl (C=O) groups excluding carboxylic acids is 2. The summed E-state index contributed by atoms with van der Waals surface area (Å²) in [6.07, 6.45) is -1.30. The van der Waals surface area contributed by atoms with Crippen molar-refractivity contribution in [2.24, 2.45) is 0 Å². The molecule has 2 aromatic carbocycles. The molecule has 3 amide bonds. The summed E-state index contributed by atoms with van der Waals surface area (Å²) in [4.78, 5) is 24.2. The lowest BCUT2D eigenvalue weighted by Crippen LogP contribution is -2.39. The molecule has 2 aromatic rings. The van der Waals surface area contributed by atoms with Crippen molar-refractivity contribution < 1.29 is 19.4 Å². The van der Waals surface area contributed by atoms with Crippen molar-refractivity contribution in [3.05, 3.63) is 71.3 Å². The average Bonchev–Trinajstić information content (AvgIpc) is 2.96. The maximum atomic E-state index is 11.6. The summed E-state index contributed by atoms with van der Waals surface area (Å²) in [6, 6.07) is 17.3. The number of amides is 3. The number of aryl methyl sites for hydroxylation is 1. The fourth-order valence-electron chi connectivity index (χ4n) is 2.86. The fraction of sp³-hybridized carbons (Fsp3) is 0.300. The summed E-state index contributed by atoms with van der Waals surface area (Å²) >= 11 is 0. The monoisotopic (exact) mass is 354 g/mol. The number of nitrogens with zero attached hydrogens (tertiary/aromatic N) is 1. The SMILES string of the molecule is Cc1ccc([C@@H](OC[C@H](O)CN2C(=O)CNC2=O)c2ccccc2)cc1. The van der Waals surface area contributed by atoms with Gasteiger partial charge < -0.3 is 15.2 Å². The highest BCUT2D eigenvalue weighted by atomic mass is 16.5. The highest BCUT2D eigenvalue weighted by molar-refractivity contribution is 6.01. The Morgan fingerprint density at radius 1 is 1.08 bits per heavy atom. The normalized spacial score (nSPS) is 16.5. The zero-order chi connectivity index (χ0) is 18.5. The van der Waals surface area contributed by atoms with Gasteiger partial charge in [-0.1, -0.05) is 60.2 Å². The van der Waals surface area contributed by atoms with Crippen LogP contribution in [0.15, 0.2) is 54.6 Å². The number of benzene rings is 2. The number of β-amino-alcohol motifs (C(OH)–C–C–N with tert-alkyl or cyclic N) is 1. The van der Waals surface area contributed by atoms with Crippen LogP contribution in [0.4, 0.5) is 4.79 Å². The third-order valence-electron chi connectivity index (χ3n) is 4.27. The molecule has 6 heteroatoms. The Labute approximate surface area is 152 Å². The molecule has 3 rings (SSSR count). The smallest absolute Gasteiger partial charge is 0.324 e. The van der Waals surface area contributed by atoms with Crippen molar-refractivity contribution in [3.8, 4) is 0 Å². The van der Waals surface area contributed by atoms with Gasteiger partial charge in [0, 0.05) is 0 Å². The van der Waals surface area contributed by atoms with Gasteiger partial charge in [-0.2, -0.15) is 0 Å². The van der Waals surface area contributed by atoms with E-state index in [0.717, 1.165) is 21.6 Å². The Hall–Kier alpha value is -2.70. The maximum absolute atomic E-state index is 11.6. The third kappa shape index (κ3) is 4.28. The third-order valence-corrected chi connectivity index (χ3v) is 4.27. The largest absolute Gasteiger partial charge is 0.389 e. The number of hydrogen-bond acceptors (Lipinski definition) is 4. The predicted octanol–water partition coefficient (Wildman–Crippen LogP) is 2.01. The van der Waals surface area contributed by atoms with Gasteiger partial charge >= 0.3 is 6.03 Å². The number of carbonyl (C=O) groups is 2. The topological polar surface area (TPSA) is 78.9 Å². The van der Waals surface area contributed by atoms with Gasteiger partial charge in [0.15, 0.2) is 0 Å². The standard InChI is InChI=1S/C20H22N2O4/c1-14-7-9-16(10-8-14)19(15-5-3-2-4-6-15)26-13-17(23)12-22-18(24)11-21-20(22)25/h2-10,17,19,23H,11-13H2,1H3,(H,21,25)/t17-,19+/m1/s1. The Kier molecular flexibility index (Phi) is 5.65. The van der Waals surface area contributed by atoms with Crippen molar-refractivity contribution in [3.63, 3.8) is 0 Å². The average molecular weight is 354 g/mol. The predicted molar refractivity (Wildman–Crippen MR) is 96.5 cm³/mol. The molecule has 0 aliphatic carbocycles. The number of urea groups is 1. The molecule has 1 saturated heterocycles. The first-order chi connectivity index (χ1) is 12.5. The number of aliphatic hydroxyl groups excluding tert-OH is 1. The van der Waals surface area contributed by atoms with E-state index >= 15 is 0 Å². The number of aliphatic hydroxyl groups is 1. The van der Waals surface area contributed by atoms with Gasteiger partial charge in [-0.05, 0) is 18.1 Å². The second-order valence-electron chi connectivity index (χ2n) is 6.35. The molecule has 2 atom stereocenters. The van der Waals surface area contributed by atoms with E-state index in [1.165, 1.54) is 0 Å². The second kappa shape index (κ2) is 8.12. The Balaban J connectivity index is 1.69. The Morgan fingerprint density at radius 2 is 1.73 bits per heavy atom. The van der Waals surface area contributed by atoms with E-state index in [1.54, 1.807) is 0 Å². The van der Waals surface area contributed by atoms with Crippen LogP contribution in [0.3, 0.4) is 0 Å². The fourth-order valence-corrected chi connectivity index (χ4v) is 2.86. The van der Waals surface area contributed by atoms with E-state index < -0.39 is 12.1 Å². The summed E-state index contributed by atoms with van der Waals surface area (Å²) in [5.74, 6) is -0.341. The molecule has 136 valence electrons. The van der Waals surface area contributed by atoms with Crippen LogP contribution < -0.4 is 5.32 Å². The molecule has 0 aromatic heterocycles. The van der Waals surface area contributed by atoms with E-state index in [9.17, 15) is 14.7 Å². The molecular weight excluding hydrogens is 332 g/mol. The Bertz CT molecular complexity index is 745. The number of rotatable bonds is 7. The van der Waals surface area contributed by atoms with Crippen molar-refractivity contribution in [2.45, 2.75) is 19.1 Å². The lowest BCUT2D eigenvalue weighted by Gasteiger charge is -2.23. The van der Waals surface area contributed by atoms with Crippen LogP contribution in [-0.4, -0.2) is 47.7 Å². The van der Waals surface area contributed by atoms with Crippen molar-refractivity contribution in [1.82, 2.24) is 10.2 Å². The van der Waals surface area contributed by atoms with Crippen LogP contribution in [0.1, 0.15) is 22.8 Å².